The highest BCUT2D eigenvalue weighted by Crippen LogP contribution is 2.40. The molecule has 0 aliphatic heterocycles. The maximum Gasteiger partial charge on any atom is 0.574 e. The summed E-state index contributed by atoms with van der Waals surface area (Å²) in [5.41, 5.74) is 3.02. The van der Waals surface area contributed by atoms with E-state index >= 15 is 0 Å². The Hall–Kier alpha value is -0.780. The molecule has 1 aromatic rings. The molecular formula is C8H5F6IN2O. The molecule has 1 rings (SSSR count). The molecule has 0 aliphatic carbocycles. The number of nitrogens with zero attached hydrogens (tertiary/aromatic N) is 1. The van der Waals surface area contributed by atoms with E-state index < -0.39 is 36.1 Å². The molecule has 10 heteroatoms. The summed E-state index contributed by atoms with van der Waals surface area (Å²) in [4.78, 5) is 3.01. The van der Waals surface area contributed by atoms with Crippen molar-refractivity contribution in [3.05, 3.63) is 20.9 Å². The molecule has 0 unspecified atom stereocenters. The third kappa shape index (κ3) is 3.60. The van der Waals surface area contributed by atoms with Crippen molar-refractivity contribution < 1.29 is 31.1 Å². The molecule has 18 heavy (non-hydrogen) atoms. The number of ether oxygens (including phenoxy) is 1. The van der Waals surface area contributed by atoms with Gasteiger partial charge in [-0.2, -0.15) is 13.2 Å². The van der Waals surface area contributed by atoms with Crippen LogP contribution in [0.4, 0.5) is 26.3 Å². The van der Waals surface area contributed by atoms with Gasteiger partial charge in [-0.25, -0.2) is 4.98 Å². The fourth-order valence-electron chi connectivity index (χ4n) is 1.19. The summed E-state index contributed by atoms with van der Waals surface area (Å²) < 4.78 is 77.3. The first kappa shape index (κ1) is 15.3. The zero-order valence-electron chi connectivity index (χ0n) is 8.36. The predicted molar refractivity (Wildman–Crippen MR) is 56.5 cm³/mol. The summed E-state index contributed by atoms with van der Waals surface area (Å²) in [6.45, 7) is -0.580. The largest absolute Gasteiger partial charge is 0.574 e. The maximum absolute atomic E-state index is 12.7. The van der Waals surface area contributed by atoms with Gasteiger partial charge in [0, 0.05) is 16.3 Å². The van der Waals surface area contributed by atoms with Crippen LogP contribution >= 0.6 is 22.6 Å². The van der Waals surface area contributed by atoms with Gasteiger partial charge in [0.2, 0.25) is 5.88 Å². The van der Waals surface area contributed by atoms with E-state index in [0.717, 1.165) is 6.20 Å². The monoisotopic (exact) mass is 386 g/mol. The lowest BCUT2D eigenvalue weighted by Crippen LogP contribution is -2.23. The standard InChI is InChI=1S/C8H5F6IN2O/c9-7(10,11)5-3(1-16)4(15)2-17-6(5)18-8(12,13)14/h2H,1,16H2. The number of alkyl halides is 6. The van der Waals surface area contributed by atoms with Gasteiger partial charge in [-0.15, -0.1) is 13.2 Å². The van der Waals surface area contributed by atoms with Gasteiger partial charge in [-0.3, -0.25) is 0 Å². The number of nitrogens with two attached hydrogens (primary N) is 1. The maximum atomic E-state index is 12.7. The van der Waals surface area contributed by atoms with Gasteiger partial charge in [0.15, 0.2) is 0 Å². The number of halogens is 7. The Bertz CT molecular complexity index is 444. The van der Waals surface area contributed by atoms with Gasteiger partial charge in [0.1, 0.15) is 5.56 Å². The van der Waals surface area contributed by atoms with Crippen molar-refractivity contribution in [1.82, 2.24) is 4.98 Å². The SMILES string of the molecule is NCc1c(I)cnc(OC(F)(F)F)c1C(F)(F)F. The summed E-state index contributed by atoms with van der Waals surface area (Å²) in [7, 11) is 0. The third-order valence-corrected chi connectivity index (χ3v) is 2.73. The molecule has 1 heterocycles. The highest BCUT2D eigenvalue weighted by Gasteiger charge is 2.42. The number of hydrogen-bond donors (Lipinski definition) is 1. The Morgan fingerprint density at radius 3 is 2.17 bits per heavy atom. The predicted octanol–water partition coefficient (Wildman–Crippen LogP) is 3.06. The fourth-order valence-corrected chi connectivity index (χ4v) is 1.81. The minimum Gasteiger partial charge on any atom is -0.387 e. The molecule has 0 atom stereocenters. The summed E-state index contributed by atoms with van der Waals surface area (Å²) >= 11 is 1.50. The van der Waals surface area contributed by atoms with Gasteiger partial charge in [-0.1, -0.05) is 0 Å². The first-order valence-electron chi connectivity index (χ1n) is 4.26. The number of aromatic nitrogens is 1. The van der Waals surface area contributed by atoms with E-state index in [1.807, 2.05) is 0 Å². The van der Waals surface area contributed by atoms with Crippen LogP contribution in [0.25, 0.3) is 0 Å². The minimum absolute atomic E-state index is 0.0111. The highest BCUT2D eigenvalue weighted by molar-refractivity contribution is 14.1. The van der Waals surface area contributed by atoms with Crippen molar-refractivity contribution in [2.24, 2.45) is 5.73 Å². The first-order valence-corrected chi connectivity index (χ1v) is 5.34. The van der Waals surface area contributed by atoms with Crippen LogP contribution in [0.3, 0.4) is 0 Å². The van der Waals surface area contributed by atoms with E-state index in [2.05, 4.69) is 9.72 Å². The summed E-state index contributed by atoms with van der Waals surface area (Å²) in [6.07, 6.45) is -9.46. The molecule has 1 aromatic heterocycles. The second kappa shape index (κ2) is 5.07. The van der Waals surface area contributed by atoms with Crippen molar-refractivity contribution in [2.75, 3.05) is 0 Å². The highest BCUT2D eigenvalue weighted by atomic mass is 127. The van der Waals surface area contributed by atoms with Crippen molar-refractivity contribution in [3.63, 3.8) is 0 Å². The van der Waals surface area contributed by atoms with E-state index in [9.17, 15) is 26.3 Å². The van der Waals surface area contributed by atoms with Gasteiger partial charge >= 0.3 is 12.5 Å². The molecule has 0 aliphatic rings. The van der Waals surface area contributed by atoms with Crippen LogP contribution in [-0.2, 0) is 12.7 Å². The zero-order chi connectivity index (χ0) is 14.1. The Morgan fingerprint density at radius 2 is 1.78 bits per heavy atom. The molecule has 0 aromatic carbocycles. The van der Waals surface area contributed by atoms with Crippen LogP contribution in [0.1, 0.15) is 11.1 Å². The lowest BCUT2D eigenvalue weighted by molar-refractivity contribution is -0.277. The Kier molecular flexibility index (Phi) is 4.30. The number of hydrogen-bond acceptors (Lipinski definition) is 3. The van der Waals surface area contributed by atoms with Crippen molar-refractivity contribution >= 4 is 22.6 Å². The van der Waals surface area contributed by atoms with Crippen molar-refractivity contribution in [3.8, 4) is 5.88 Å². The molecule has 0 radical (unpaired) electrons. The molecule has 0 spiro atoms. The zero-order valence-corrected chi connectivity index (χ0v) is 10.5. The van der Waals surface area contributed by atoms with E-state index in [4.69, 9.17) is 5.73 Å². The van der Waals surface area contributed by atoms with Gasteiger partial charge in [0.25, 0.3) is 0 Å². The lowest BCUT2D eigenvalue weighted by Gasteiger charge is -2.17. The Morgan fingerprint density at radius 1 is 1.22 bits per heavy atom. The molecule has 3 nitrogen and oxygen atoms in total. The van der Waals surface area contributed by atoms with Gasteiger partial charge in [-0.05, 0) is 28.2 Å². The van der Waals surface area contributed by atoms with Crippen LogP contribution in [-0.4, -0.2) is 11.3 Å². The molecule has 2 N–H and O–H groups in total. The van der Waals surface area contributed by atoms with Crippen LogP contribution in [0.2, 0.25) is 0 Å². The average molecular weight is 386 g/mol. The first-order chi connectivity index (χ1) is 8.06. The Labute approximate surface area is 110 Å². The molecule has 0 bridgehead atoms. The molecule has 0 fully saturated rings. The molecule has 102 valence electrons. The second-order valence-corrected chi connectivity index (χ2v) is 4.18. The van der Waals surface area contributed by atoms with Gasteiger partial charge < -0.3 is 10.5 Å². The molecule has 0 saturated heterocycles. The average Bonchev–Trinajstić information content (AvgIpc) is 2.16. The van der Waals surface area contributed by atoms with Crippen molar-refractivity contribution in [2.45, 2.75) is 19.1 Å². The third-order valence-electron chi connectivity index (χ3n) is 1.80. The lowest BCUT2D eigenvalue weighted by atomic mass is 10.1. The summed E-state index contributed by atoms with van der Waals surface area (Å²) in [5, 5.41) is 0. The second-order valence-electron chi connectivity index (χ2n) is 3.01. The van der Waals surface area contributed by atoms with Crippen LogP contribution < -0.4 is 10.5 Å². The number of pyridine rings is 1. The quantitative estimate of drug-likeness (QED) is 0.628. The van der Waals surface area contributed by atoms with Crippen LogP contribution in [0, 0.1) is 3.57 Å². The van der Waals surface area contributed by atoms with Gasteiger partial charge in [0.05, 0.1) is 0 Å². The van der Waals surface area contributed by atoms with E-state index in [-0.39, 0.29) is 3.57 Å². The molecular weight excluding hydrogens is 381 g/mol. The smallest absolute Gasteiger partial charge is 0.387 e. The van der Waals surface area contributed by atoms with E-state index in [0.29, 0.717) is 0 Å². The molecule has 0 amide bonds. The number of rotatable bonds is 2. The fraction of sp³-hybridized carbons (Fsp3) is 0.375. The van der Waals surface area contributed by atoms with Crippen molar-refractivity contribution in [1.29, 1.82) is 0 Å². The molecule has 0 saturated carbocycles. The van der Waals surface area contributed by atoms with E-state index in [1.165, 1.54) is 22.6 Å². The van der Waals surface area contributed by atoms with Crippen LogP contribution in [0.5, 0.6) is 5.88 Å². The Balaban J connectivity index is 3.43. The minimum atomic E-state index is -5.26. The normalized spacial score (nSPS) is 12.7. The summed E-state index contributed by atoms with van der Waals surface area (Å²) in [6, 6.07) is 0. The van der Waals surface area contributed by atoms with Crippen LogP contribution in [0.15, 0.2) is 6.20 Å². The summed E-state index contributed by atoms with van der Waals surface area (Å²) in [5.74, 6) is -1.55. The van der Waals surface area contributed by atoms with E-state index in [1.54, 1.807) is 0 Å². The topological polar surface area (TPSA) is 48.1 Å².